The molecule has 0 fully saturated rings. The standard InChI is InChI=1S/C51H38N2O/c1-33(2)50(39-17-8-5-9-18-39)53-51(52-34(3)35-14-6-4-7-15-35)46-30-44(32-48-49(46)45-29-41-20-12-13-21-42(41)31-47(45)54-48)38-24-22-37(23-25-38)43-27-26-36-16-10-11-19-40(36)28-43/h4-27,29-32,43H,1,3,28H2,2H3. The molecule has 0 radical (unpaired) electrons. The van der Waals surface area contributed by atoms with Crippen LogP contribution in [-0.2, 0) is 6.42 Å². The molecular weight excluding hydrogens is 657 g/mol. The highest BCUT2D eigenvalue weighted by Crippen LogP contribution is 2.39. The Bertz CT molecular complexity index is 2820. The molecule has 0 saturated heterocycles. The number of fused-ring (bicyclic) bond motifs is 5. The van der Waals surface area contributed by atoms with Crippen LogP contribution < -0.4 is 0 Å². The van der Waals surface area contributed by atoms with Gasteiger partial charge in [0.25, 0.3) is 0 Å². The number of hydrogen-bond acceptors (Lipinski definition) is 2. The quantitative estimate of drug-likeness (QED) is 0.121. The molecule has 1 atom stereocenters. The summed E-state index contributed by atoms with van der Waals surface area (Å²) in [6.45, 7) is 10.8. The van der Waals surface area contributed by atoms with Crippen molar-refractivity contribution < 1.29 is 4.42 Å². The van der Waals surface area contributed by atoms with E-state index in [0.717, 1.165) is 78.2 Å². The minimum atomic E-state index is 0.326. The second-order valence-corrected chi connectivity index (χ2v) is 14.0. The molecule has 0 amide bonds. The number of amidine groups is 1. The maximum Gasteiger partial charge on any atom is 0.161 e. The number of benzene rings is 7. The van der Waals surface area contributed by atoms with Crippen molar-refractivity contribution in [3.63, 3.8) is 0 Å². The van der Waals surface area contributed by atoms with E-state index >= 15 is 0 Å². The summed E-state index contributed by atoms with van der Waals surface area (Å²) in [5.41, 5.74) is 12.6. The molecule has 7 aromatic carbocycles. The van der Waals surface area contributed by atoms with E-state index in [-0.39, 0.29) is 0 Å². The molecule has 0 aliphatic heterocycles. The van der Waals surface area contributed by atoms with Gasteiger partial charge in [0.2, 0.25) is 0 Å². The predicted octanol–water partition coefficient (Wildman–Crippen LogP) is 13.2. The van der Waals surface area contributed by atoms with E-state index in [0.29, 0.717) is 17.5 Å². The highest BCUT2D eigenvalue weighted by molar-refractivity contribution is 6.25. The van der Waals surface area contributed by atoms with Gasteiger partial charge < -0.3 is 4.42 Å². The topological polar surface area (TPSA) is 37.9 Å². The Morgan fingerprint density at radius 2 is 1.30 bits per heavy atom. The van der Waals surface area contributed by atoms with Crippen LogP contribution >= 0.6 is 0 Å². The Hall–Kier alpha value is -6.84. The molecule has 1 aliphatic carbocycles. The first-order chi connectivity index (χ1) is 26.5. The van der Waals surface area contributed by atoms with Gasteiger partial charge in [-0.2, -0.15) is 0 Å². The van der Waals surface area contributed by atoms with Gasteiger partial charge in [0, 0.05) is 27.8 Å². The highest BCUT2D eigenvalue weighted by Gasteiger charge is 2.21. The fraction of sp³-hybridized carbons (Fsp3) is 0.0588. The molecule has 1 unspecified atom stereocenters. The number of rotatable bonds is 7. The Morgan fingerprint density at radius 3 is 2.04 bits per heavy atom. The van der Waals surface area contributed by atoms with Crippen LogP contribution in [0.5, 0.6) is 0 Å². The first-order valence-electron chi connectivity index (χ1n) is 18.4. The van der Waals surface area contributed by atoms with Crippen molar-refractivity contribution in [2.45, 2.75) is 19.3 Å². The van der Waals surface area contributed by atoms with Crippen molar-refractivity contribution in [2.24, 2.45) is 9.98 Å². The summed E-state index contributed by atoms with van der Waals surface area (Å²) in [5, 5.41) is 4.23. The third-order valence-electron chi connectivity index (χ3n) is 10.4. The maximum absolute atomic E-state index is 6.74. The molecular formula is C51H38N2O. The average Bonchev–Trinajstić information content (AvgIpc) is 3.58. The fourth-order valence-electron chi connectivity index (χ4n) is 7.57. The summed E-state index contributed by atoms with van der Waals surface area (Å²) in [5.74, 6) is 0.864. The van der Waals surface area contributed by atoms with Crippen LogP contribution in [0.4, 0.5) is 0 Å². The Labute approximate surface area is 315 Å². The summed E-state index contributed by atoms with van der Waals surface area (Å²) in [6.07, 6.45) is 5.57. The lowest BCUT2D eigenvalue weighted by Crippen LogP contribution is -2.09. The minimum absolute atomic E-state index is 0.326. The number of hydrogen-bond donors (Lipinski definition) is 0. The second-order valence-electron chi connectivity index (χ2n) is 14.0. The van der Waals surface area contributed by atoms with Crippen LogP contribution in [0.1, 0.15) is 46.2 Å². The van der Waals surface area contributed by atoms with Crippen molar-refractivity contribution in [2.75, 3.05) is 0 Å². The van der Waals surface area contributed by atoms with Gasteiger partial charge in [-0.15, -0.1) is 0 Å². The van der Waals surface area contributed by atoms with E-state index < -0.39 is 0 Å². The van der Waals surface area contributed by atoms with Crippen LogP contribution in [-0.4, -0.2) is 11.5 Å². The zero-order valence-corrected chi connectivity index (χ0v) is 30.2. The Kier molecular flexibility index (Phi) is 8.53. The van der Waals surface area contributed by atoms with Crippen molar-refractivity contribution in [1.29, 1.82) is 0 Å². The van der Waals surface area contributed by atoms with Gasteiger partial charge in [-0.1, -0.05) is 159 Å². The van der Waals surface area contributed by atoms with Gasteiger partial charge in [-0.3, -0.25) is 0 Å². The van der Waals surface area contributed by atoms with E-state index in [1.165, 1.54) is 16.7 Å². The summed E-state index contributed by atoms with van der Waals surface area (Å²) in [4.78, 5) is 10.6. The van der Waals surface area contributed by atoms with Gasteiger partial charge in [-0.25, -0.2) is 9.98 Å². The smallest absolute Gasteiger partial charge is 0.161 e. The van der Waals surface area contributed by atoms with Crippen molar-refractivity contribution in [1.82, 2.24) is 0 Å². The van der Waals surface area contributed by atoms with Crippen molar-refractivity contribution in [3.8, 4) is 11.1 Å². The maximum atomic E-state index is 6.74. The summed E-state index contributed by atoms with van der Waals surface area (Å²) >= 11 is 0. The summed E-state index contributed by atoms with van der Waals surface area (Å²) < 4.78 is 6.74. The molecule has 1 heterocycles. The zero-order valence-electron chi connectivity index (χ0n) is 30.2. The van der Waals surface area contributed by atoms with E-state index in [1.807, 2.05) is 55.5 Å². The van der Waals surface area contributed by atoms with E-state index in [1.54, 1.807) is 0 Å². The molecule has 9 rings (SSSR count). The molecule has 8 aromatic rings. The van der Waals surface area contributed by atoms with Gasteiger partial charge in [0.1, 0.15) is 11.2 Å². The number of furan rings is 1. The molecule has 0 N–H and O–H groups in total. The molecule has 1 aromatic heterocycles. The van der Waals surface area contributed by atoms with Crippen molar-refractivity contribution >= 4 is 56.0 Å². The van der Waals surface area contributed by atoms with E-state index in [9.17, 15) is 0 Å². The highest BCUT2D eigenvalue weighted by atomic mass is 16.3. The van der Waals surface area contributed by atoms with Crippen LogP contribution in [0.15, 0.2) is 197 Å². The molecule has 3 nitrogen and oxygen atoms in total. The van der Waals surface area contributed by atoms with Crippen LogP contribution in [0, 0.1) is 0 Å². The normalized spacial score (nSPS) is 14.4. The van der Waals surface area contributed by atoms with Gasteiger partial charge in [0.15, 0.2) is 5.84 Å². The third-order valence-corrected chi connectivity index (χ3v) is 10.4. The number of allylic oxidation sites excluding steroid dienone is 2. The molecule has 0 saturated carbocycles. The van der Waals surface area contributed by atoms with Gasteiger partial charge in [0.05, 0.1) is 11.4 Å². The predicted molar refractivity (Wildman–Crippen MR) is 228 cm³/mol. The van der Waals surface area contributed by atoms with Crippen LogP contribution in [0.2, 0.25) is 0 Å². The lowest BCUT2D eigenvalue weighted by atomic mass is 9.85. The van der Waals surface area contributed by atoms with Gasteiger partial charge >= 0.3 is 0 Å². The lowest BCUT2D eigenvalue weighted by molar-refractivity contribution is 0.669. The second kappa shape index (κ2) is 13.9. The molecule has 3 heteroatoms. The molecule has 0 bridgehead atoms. The molecule has 54 heavy (non-hydrogen) atoms. The molecule has 0 spiro atoms. The monoisotopic (exact) mass is 694 g/mol. The van der Waals surface area contributed by atoms with Crippen LogP contribution in [0.25, 0.3) is 55.6 Å². The SMILES string of the molecule is C=C(C)C(=NC(=NC(=C)c1ccccc1)c1cc(-c2ccc(C3C=Cc4ccccc4C3)cc2)cc2oc3cc4ccccc4cc3c12)c1ccccc1. The lowest BCUT2D eigenvalue weighted by Gasteiger charge is -2.20. The minimum Gasteiger partial charge on any atom is -0.456 e. The average molecular weight is 695 g/mol. The molecule has 1 aliphatic rings. The van der Waals surface area contributed by atoms with Crippen LogP contribution in [0.3, 0.4) is 0 Å². The Morgan fingerprint density at radius 1 is 0.630 bits per heavy atom. The largest absolute Gasteiger partial charge is 0.456 e. The first kappa shape index (κ1) is 33.0. The zero-order chi connectivity index (χ0) is 36.6. The first-order valence-corrected chi connectivity index (χ1v) is 18.4. The summed E-state index contributed by atoms with van der Waals surface area (Å²) in [7, 11) is 0. The van der Waals surface area contributed by atoms with Crippen molar-refractivity contribution in [3.05, 3.63) is 216 Å². The number of nitrogens with zero attached hydrogens (tertiary/aromatic N) is 2. The van der Waals surface area contributed by atoms with Gasteiger partial charge in [-0.05, 0) is 87.3 Å². The molecule has 258 valence electrons. The third kappa shape index (κ3) is 6.31. The van der Waals surface area contributed by atoms with E-state index in [4.69, 9.17) is 14.4 Å². The summed E-state index contributed by atoms with van der Waals surface area (Å²) in [6, 6.07) is 54.9. The van der Waals surface area contributed by atoms with E-state index in [2.05, 4.69) is 135 Å². The number of aliphatic imine (C=N–C) groups is 2. The fourth-order valence-corrected chi connectivity index (χ4v) is 7.57. The Balaban J connectivity index is 1.25.